The molecule has 1 atom stereocenters. The Morgan fingerprint density at radius 1 is 1.57 bits per heavy atom. The van der Waals surface area contributed by atoms with Crippen molar-refractivity contribution >= 4 is 11.3 Å². The van der Waals surface area contributed by atoms with E-state index in [1.807, 2.05) is 12.1 Å². The van der Waals surface area contributed by atoms with Gasteiger partial charge in [-0.2, -0.15) is 0 Å². The number of halogens is 1. The first-order chi connectivity index (χ1) is 6.74. The Bertz CT molecular complexity index is 307. The summed E-state index contributed by atoms with van der Waals surface area (Å²) in [6.07, 6.45) is 1.51. The van der Waals surface area contributed by atoms with Gasteiger partial charge in [-0.3, -0.25) is 0 Å². The van der Waals surface area contributed by atoms with Crippen molar-refractivity contribution in [2.24, 2.45) is 0 Å². The topological polar surface area (TPSA) is 21.3 Å². The molecule has 2 rings (SSSR count). The van der Waals surface area contributed by atoms with Gasteiger partial charge in [0.05, 0.1) is 7.11 Å². The molecule has 0 bridgehead atoms. The van der Waals surface area contributed by atoms with E-state index in [0.29, 0.717) is 13.0 Å². The molecule has 1 aliphatic heterocycles. The van der Waals surface area contributed by atoms with Gasteiger partial charge in [0, 0.05) is 11.4 Å². The van der Waals surface area contributed by atoms with Gasteiger partial charge in [-0.05, 0) is 31.5 Å². The maximum Gasteiger partial charge on any atom is 0.173 e. The van der Waals surface area contributed by atoms with Crippen LogP contribution in [-0.2, 0) is 5.67 Å². The van der Waals surface area contributed by atoms with Crippen molar-refractivity contribution in [3.8, 4) is 5.06 Å². The fourth-order valence-electron chi connectivity index (χ4n) is 1.75. The average Bonchev–Trinajstić information content (AvgIpc) is 2.67. The molecule has 1 aliphatic rings. The lowest BCUT2D eigenvalue weighted by Gasteiger charge is -2.28. The summed E-state index contributed by atoms with van der Waals surface area (Å²) in [6.45, 7) is 1.35. The van der Waals surface area contributed by atoms with Crippen LogP contribution in [0.2, 0.25) is 0 Å². The molecular formula is C10H14FNOS. The highest BCUT2D eigenvalue weighted by molar-refractivity contribution is 7.14. The summed E-state index contributed by atoms with van der Waals surface area (Å²) in [5.74, 6) is 0. The predicted molar refractivity (Wildman–Crippen MR) is 55.8 cm³/mol. The smallest absolute Gasteiger partial charge is 0.173 e. The molecule has 1 saturated heterocycles. The Labute approximate surface area is 87.1 Å². The van der Waals surface area contributed by atoms with Gasteiger partial charge < -0.3 is 10.1 Å². The molecule has 0 aliphatic carbocycles. The zero-order valence-corrected chi connectivity index (χ0v) is 8.99. The van der Waals surface area contributed by atoms with E-state index >= 15 is 0 Å². The largest absolute Gasteiger partial charge is 0.487 e. The van der Waals surface area contributed by atoms with E-state index in [1.165, 1.54) is 11.3 Å². The Morgan fingerprint density at radius 3 is 3.00 bits per heavy atom. The minimum atomic E-state index is -1.18. The number of ether oxygens (including phenoxy) is 1. The molecule has 1 N–H and O–H groups in total. The molecule has 2 heterocycles. The van der Waals surface area contributed by atoms with Gasteiger partial charge in [-0.1, -0.05) is 0 Å². The monoisotopic (exact) mass is 215 g/mol. The highest BCUT2D eigenvalue weighted by Crippen LogP contribution is 2.39. The first kappa shape index (κ1) is 9.93. The van der Waals surface area contributed by atoms with E-state index in [-0.39, 0.29) is 0 Å². The van der Waals surface area contributed by atoms with Crippen LogP contribution in [0.3, 0.4) is 0 Å². The zero-order valence-electron chi connectivity index (χ0n) is 8.18. The van der Waals surface area contributed by atoms with Crippen LogP contribution < -0.4 is 10.1 Å². The van der Waals surface area contributed by atoms with Crippen molar-refractivity contribution in [1.82, 2.24) is 5.32 Å². The molecule has 1 unspecified atom stereocenters. The average molecular weight is 215 g/mol. The molecule has 0 radical (unpaired) electrons. The van der Waals surface area contributed by atoms with Crippen LogP contribution >= 0.6 is 11.3 Å². The third kappa shape index (κ3) is 1.77. The maximum atomic E-state index is 14.3. The minimum absolute atomic E-state index is 0.427. The van der Waals surface area contributed by atoms with E-state index < -0.39 is 5.67 Å². The Morgan fingerprint density at radius 2 is 2.43 bits per heavy atom. The van der Waals surface area contributed by atoms with Crippen LogP contribution in [-0.4, -0.2) is 20.2 Å². The fraction of sp³-hybridized carbons (Fsp3) is 0.600. The normalized spacial score (nSPS) is 27.6. The van der Waals surface area contributed by atoms with Crippen molar-refractivity contribution in [2.75, 3.05) is 20.2 Å². The third-order valence-corrected chi connectivity index (χ3v) is 3.78. The van der Waals surface area contributed by atoms with E-state index in [4.69, 9.17) is 4.74 Å². The summed E-state index contributed by atoms with van der Waals surface area (Å²) in [6, 6.07) is 3.66. The Balaban J connectivity index is 2.19. The van der Waals surface area contributed by atoms with Crippen molar-refractivity contribution in [3.63, 3.8) is 0 Å². The van der Waals surface area contributed by atoms with Crippen LogP contribution in [0.25, 0.3) is 0 Å². The molecule has 1 aromatic heterocycles. The van der Waals surface area contributed by atoms with Crippen LogP contribution in [0.5, 0.6) is 5.06 Å². The number of piperidine rings is 1. The molecule has 14 heavy (non-hydrogen) atoms. The highest BCUT2D eigenvalue weighted by Gasteiger charge is 2.35. The SMILES string of the molecule is COc1ccc(C2(F)CCCNC2)s1. The third-order valence-electron chi connectivity index (χ3n) is 2.56. The summed E-state index contributed by atoms with van der Waals surface area (Å²) in [5.41, 5.74) is -1.18. The summed E-state index contributed by atoms with van der Waals surface area (Å²) in [4.78, 5) is 0.779. The van der Waals surface area contributed by atoms with Crippen LogP contribution in [0, 0.1) is 0 Å². The summed E-state index contributed by atoms with van der Waals surface area (Å²) >= 11 is 1.40. The number of hydrogen-bond acceptors (Lipinski definition) is 3. The van der Waals surface area contributed by atoms with Crippen molar-refractivity contribution < 1.29 is 9.13 Å². The van der Waals surface area contributed by atoms with Gasteiger partial charge in [-0.25, -0.2) is 4.39 Å². The molecule has 0 spiro atoms. The Kier molecular flexibility index (Phi) is 2.74. The summed E-state index contributed by atoms with van der Waals surface area (Å²) < 4.78 is 19.4. The van der Waals surface area contributed by atoms with E-state index in [1.54, 1.807) is 7.11 Å². The Hall–Kier alpha value is -0.610. The molecule has 1 fully saturated rings. The molecule has 0 saturated carbocycles. The van der Waals surface area contributed by atoms with Crippen LogP contribution in [0.15, 0.2) is 12.1 Å². The van der Waals surface area contributed by atoms with Crippen molar-refractivity contribution in [2.45, 2.75) is 18.5 Å². The van der Waals surface area contributed by atoms with Crippen LogP contribution in [0.1, 0.15) is 17.7 Å². The van der Waals surface area contributed by atoms with Gasteiger partial charge in [0.1, 0.15) is 0 Å². The van der Waals surface area contributed by atoms with Gasteiger partial charge in [-0.15, -0.1) is 11.3 Å². The second-order valence-electron chi connectivity index (χ2n) is 3.57. The number of rotatable bonds is 2. The second-order valence-corrected chi connectivity index (χ2v) is 4.61. The first-order valence-corrected chi connectivity index (χ1v) is 5.60. The second kappa shape index (κ2) is 3.87. The highest BCUT2D eigenvalue weighted by atomic mass is 32.1. The van der Waals surface area contributed by atoms with Crippen molar-refractivity contribution in [3.05, 3.63) is 17.0 Å². The first-order valence-electron chi connectivity index (χ1n) is 4.78. The number of hydrogen-bond donors (Lipinski definition) is 1. The van der Waals surface area contributed by atoms with Gasteiger partial charge in [0.25, 0.3) is 0 Å². The van der Waals surface area contributed by atoms with Gasteiger partial charge >= 0.3 is 0 Å². The number of nitrogens with one attached hydrogen (secondary N) is 1. The van der Waals surface area contributed by atoms with Crippen LogP contribution in [0.4, 0.5) is 4.39 Å². The molecule has 78 valence electrons. The van der Waals surface area contributed by atoms with E-state index in [9.17, 15) is 4.39 Å². The van der Waals surface area contributed by atoms with E-state index in [2.05, 4.69) is 5.32 Å². The quantitative estimate of drug-likeness (QED) is 0.817. The van der Waals surface area contributed by atoms with E-state index in [0.717, 1.165) is 22.9 Å². The van der Waals surface area contributed by atoms with Gasteiger partial charge in [0.15, 0.2) is 10.7 Å². The molecule has 0 aromatic carbocycles. The molecule has 2 nitrogen and oxygen atoms in total. The molecule has 0 amide bonds. The molecule has 1 aromatic rings. The summed E-state index contributed by atoms with van der Waals surface area (Å²) in [7, 11) is 1.61. The standard InChI is InChI=1S/C10H14FNOS/c1-13-9-4-3-8(14-9)10(11)5-2-6-12-7-10/h3-4,12H,2,5-7H2,1H3. The molecule has 4 heteroatoms. The minimum Gasteiger partial charge on any atom is -0.487 e. The lowest BCUT2D eigenvalue weighted by molar-refractivity contribution is 0.126. The lowest BCUT2D eigenvalue weighted by Crippen LogP contribution is -2.39. The number of thiophene rings is 1. The fourth-order valence-corrected chi connectivity index (χ4v) is 2.68. The number of alkyl halides is 1. The maximum absolute atomic E-state index is 14.3. The summed E-state index contributed by atoms with van der Waals surface area (Å²) in [5, 5.41) is 3.87. The zero-order chi connectivity index (χ0) is 10.0. The lowest BCUT2D eigenvalue weighted by atomic mass is 9.95. The number of methoxy groups -OCH3 is 1. The molecular weight excluding hydrogens is 201 g/mol. The predicted octanol–water partition coefficient (Wildman–Crippen LogP) is 2.30. The van der Waals surface area contributed by atoms with Gasteiger partial charge in [0.2, 0.25) is 0 Å². The van der Waals surface area contributed by atoms with Crippen molar-refractivity contribution in [1.29, 1.82) is 0 Å².